The van der Waals surface area contributed by atoms with Gasteiger partial charge in [0.15, 0.2) is 0 Å². The number of hydrogen-bond donors (Lipinski definition) is 2. The molecule has 2 N–H and O–H groups in total. The highest BCUT2D eigenvalue weighted by atomic mass is 14.7. The Balaban J connectivity index is 1.15. The summed E-state index contributed by atoms with van der Waals surface area (Å²) in [7, 11) is 0. The second kappa shape index (κ2) is 12.3. The number of H-pyrrole nitrogens is 2. The number of fused-ring (bicyclic) bond motifs is 6. The fourth-order valence-corrected chi connectivity index (χ4v) is 8.85. The predicted molar refractivity (Wildman–Crippen MR) is 224 cm³/mol. The van der Waals surface area contributed by atoms with Crippen LogP contribution in [0.3, 0.4) is 0 Å². The van der Waals surface area contributed by atoms with Crippen molar-refractivity contribution in [3.05, 3.63) is 215 Å². The molecule has 0 amide bonds. The minimum atomic E-state index is -0.545. The summed E-state index contributed by atoms with van der Waals surface area (Å²) in [6.45, 7) is 4.52. The lowest BCUT2D eigenvalue weighted by molar-refractivity contribution is 0.743. The number of rotatable bonds is 6. The van der Waals surface area contributed by atoms with Gasteiger partial charge in [-0.1, -0.05) is 146 Å². The van der Waals surface area contributed by atoms with E-state index < -0.39 is 5.41 Å². The quantitative estimate of drug-likeness (QED) is 0.164. The summed E-state index contributed by atoms with van der Waals surface area (Å²) in [5.41, 5.74) is 16.5. The largest absolute Gasteiger partial charge is 0.355 e. The van der Waals surface area contributed by atoms with Crippen LogP contribution in [0.15, 0.2) is 182 Å². The van der Waals surface area contributed by atoms with Gasteiger partial charge in [-0.2, -0.15) is 0 Å². The van der Waals surface area contributed by atoms with Crippen molar-refractivity contribution in [2.75, 3.05) is 0 Å². The van der Waals surface area contributed by atoms with Crippen molar-refractivity contribution in [1.82, 2.24) is 9.97 Å². The molecule has 0 aliphatic heterocycles. The molecule has 0 atom stereocenters. The monoisotopic (exact) mass is 678 g/mol. The van der Waals surface area contributed by atoms with E-state index in [1.807, 2.05) is 0 Å². The standard InChI is InChI=1S/C51H38N2/c1-33-29-39(23-25-41(33)35-21-27-49-45(31-35)43-17-9-11-19-47(43)52-49)51(37-13-5-3-6-14-37,38-15-7-4-8-16-38)40-24-26-42(34(2)30-40)36-22-28-50-46(32-36)44-18-10-12-20-48(44)53-50/h3-32,52-53H,1-2H3. The minimum absolute atomic E-state index is 0.545. The smallest absolute Gasteiger partial charge is 0.0701 e. The van der Waals surface area contributed by atoms with Gasteiger partial charge >= 0.3 is 0 Å². The van der Waals surface area contributed by atoms with Gasteiger partial charge in [-0.15, -0.1) is 0 Å². The van der Waals surface area contributed by atoms with Crippen LogP contribution in [0.5, 0.6) is 0 Å². The average Bonchev–Trinajstić information content (AvgIpc) is 3.77. The zero-order valence-corrected chi connectivity index (χ0v) is 29.8. The van der Waals surface area contributed by atoms with E-state index in [0.717, 1.165) is 11.0 Å². The second-order valence-electron chi connectivity index (χ2n) is 14.4. The number of aromatic amines is 2. The van der Waals surface area contributed by atoms with E-state index in [1.54, 1.807) is 0 Å². The van der Waals surface area contributed by atoms with Crippen LogP contribution in [0.2, 0.25) is 0 Å². The molecule has 0 spiro atoms. The van der Waals surface area contributed by atoms with Crippen molar-refractivity contribution in [2.45, 2.75) is 19.3 Å². The average molecular weight is 679 g/mol. The third kappa shape index (κ3) is 4.94. The Labute approximate surface area is 309 Å². The van der Waals surface area contributed by atoms with Gasteiger partial charge < -0.3 is 9.97 Å². The van der Waals surface area contributed by atoms with Crippen LogP contribution in [0.1, 0.15) is 33.4 Å². The summed E-state index contributed by atoms with van der Waals surface area (Å²) in [5.74, 6) is 0. The summed E-state index contributed by atoms with van der Waals surface area (Å²) in [6.07, 6.45) is 0. The fraction of sp³-hybridized carbons (Fsp3) is 0.0588. The maximum absolute atomic E-state index is 3.59. The summed E-state index contributed by atoms with van der Waals surface area (Å²) in [4.78, 5) is 7.17. The van der Waals surface area contributed by atoms with Gasteiger partial charge in [0.05, 0.1) is 5.41 Å². The van der Waals surface area contributed by atoms with Crippen LogP contribution in [0, 0.1) is 13.8 Å². The highest BCUT2D eigenvalue weighted by molar-refractivity contribution is 6.09. The second-order valence-corrected chi connectivity index (χ2v) is 14.4. The summed E-state index contributed by atoms with van der Waals surface area (Å²) < 4.78 is 0. The van der Waals surface area contributed by atoms with Crippen molar-refractivity contribution in [3.63, 3.8) is 0 Å². The first-order valence-corrected chi connectivity index (χ1v) is 18.4. The molecule has 2 aromatic heterocycles. The van der Waals surface area contributed by atoms with Crippen molar-refractivity contribution >= 4 is 43.6 Å². The maximum atomic E-state index is 3.59. The minimum Gasteiger partial charge on any atom is -0.355 e. The molecule has 2 heterocycles. The van der Waals surface area contributed by atoms with Crippen molar-refractivity contribution < 1.29 is 0 Å². The van der Waals surface area contributed by atoms with E-state index in [2.05, 4.69) is 206 Å². The van der Waals surface area contributed by atoms with E-state index in [-0.39, 0.29) is 0 Å². The summed E-state index contributed by atoms with van der Waals surface area (Å²) in [5, 5.41) is 5.02. The molecule has 2 heteroatoms. The van der Waals surface area contributed by atoms with Crippen LogP contribution in [0.4, 0.5) is 0 Å². The van der Waals surface area contributed by atoms with E-state index >= 15 is 0 Å². The molecule has 2 nitrogen and oxygen atoms in total. The lowest BCUT2D eigenvalue weighted by atomic mass is 9.64. The van der Waals surface area contributed by atoms with E-state index in [1.165, 1.54) is 88.2 Å². The molecule has 0 unspecified atom stereocenters. The number of aryl methyl sites for hydroxylation is 2. The maximum Gasteiger partial charge on any atom is 0.0701 e. The Morgan fingerprint density at radius 2 is 0.717 bits per heavy atom. The third-order valence-electron chi connectivity index (χ3n) is 11.4. The Morgan fingerprint density at radius 3 is 1.15 bits per heavy atom. The van der Waals surface area contributed by atoms with Crippen LogP contribution in [-0.2, 0) is 5.41 Å². The fourth-order valence-electron chi connectivity index (χ4n) is 8.85. The molecule has 0 aliphatic rings. The molecule has 8 aromatic carbocycles. The van der Waals surface area contributed by atoms with E-state index in [4.69, 9.17) is 0 Å². The van der Waals surface area contributed by atoms with E-state index in [9.17, 15) is 0 Å². The molecule has 10 rings (SSSR count). The molecule has 53 heavy (non-hydrogen) atoms. The highest BCUT2D eigenvalue weighted by Crippen LogP contribution is 2.47. The first-order chi connectivity index (χ1) is 26.1. The van der Waals surface area contributed by atoms with Gasteiger partial charge in [0, 0.05) is 43.6 Å². The summed E-state index contributed by atoms with van der Waals surface area (Å²) in [6, 6.07) is 67.0. The van der Waals surface area contributed by atoms with Crippen LogP contribution in [0.25, 0.3) is 65.9 Å². The Bertz CT molecular complexity index is 2760. The molecule has 0 saturated carbocycles. The summed E-state index contributed by atoms with van der Waals surface area (Å²) >= 11 is 0. The zero-order chi connectivity index (χ0) is 35.5. The first-order valence-electron chi connectivity index (χ1n) is 18.4. The lowest BCUT2D eigenvalue weighted by Crippen LogP contribution is -2.31. The molecule has 252 valence electrons. The molecule has 0 fully saturated rings. The number of aromatic nitrogens is 2. The topological polar surface area (TPSA) is 31.6 Å². The zero-order valence-electron chi connectivity index (χ0n) is 29.8. The Morgan fingerprint density at radius 1 is 0.321 bits per heavy atom. The molecule has 0 radical (unpaired) electrons. The predicted octanol–water partition coefficient (Wildman–Crippen LogP) is 13.3. The van der Waals surface area contributed by atoms with Crippen LogP contribution < -0.4 is 0 Å². The van der Waals surface area contributed by atoms with Gasteiger partial charge in [-0.05, 0) is 106 Å². The lowest BCUT2D eigenvalue weighted by Gasteiger charge is -2.37. The first kappa shape index (κ1) is 31.1. The third-order valence-corrected chi connectivity index (χ3v) is 11.4. The van der Waals surface area contributed by atoms with Crippen LogP contribution >= 0.6 is 0 Å². The number of nitrogens with one attached hydrogen (secondary N) is 2. The van der Waals surface area contributed by atoms with Gasteiger partial charge in [-0.25, -0.2) is 0 Å². The number of para-hydroxylation sites is 2. The molecule has 0 bridgehead atoms. The van der Waals surface area contributed by atoms with Crippen molar-refractivity contribution in [2.24, 2.45) is 0 Å². The molecule has 0 aliphatic carbocycles. The van der Waals surface area contributed by atoms with Crippen LogP contribution in [-0.4, -0.2) is 9.97 Å². The molecule has 10 aromatic rings. The number of benzene rings is 8. The highest BCUT2D eigenvalue weighted by Gasteiger charge is 2.39. The van der Waals surface area contributed by atoms with Crippen molar-refractivity contribution in [3.8, 4) is 22.3 Å². The number of hydrogen-bond acceptors (Lipinski definition) is 0. The Kier molecular flexibility index (Phi) is 7.19. The van der Waals surface area contributed by atoms with Gasteiger partial charge in [0.2, 0.25) is 0 Å². The Hall–Kier alpha value is -6.64. The van der Waals surface area contributed by atoms with E-state index in [0.29, 0.717) is 0 Å². The SMILES string of the molecule is Cc1cc(C(c2ccccc2)(c2ccccc2)c2ccc(-c3ccc4[nH]c5ccccc5c4c3)c(C)c2)ccc1-c1ccc2[nH]c3ccccc3c2c1. The molecular weight excluding hydrogens is 641 g/mol. The van der Waals surface area contributed by atoms with Gasteiger partial charge in [0.1, 0.15) is 0 Å². The molecule has 0 saturated heterocycles. The van der Waals surface area contributed by atoms with Gasteiger partial charge in [0.25, 0.3) is 0 Å². The normalized spacial score (nSPS) is 12.0. The van der Waals surface area contributed by atoms with Crippen molar-refractivity contribution in [1.29, 1.82) is 0 Å². The van der Waals surface area contributed by atoms with Gasteiger partial charge in [-0.3, -0.25) is 0 Å². The molecular formula is C51H38N2.